The van der Waals surface area contributed by atoms with Gasteiger partial charge < -0.3 is 10.1 Å². The van der Waals surface area contributed by atoms with Gasteiger partial charge in [0.15, 0.2) is 0 Å². The van der Waals surface area contributed by atoms with Gasteiger partial charge in [0.05, 0.1) is 13.2 Å². The molecule has 2 aromatic carbocycles. The average molecular weight is 359 g/mol. The van der Waals surface area contributed by atoms with Crippen molar-refractivity contribution in [3.8, 4) is 5.75 Å². The molecule has 0 fully saturated rings. The molecule has 1 aliphatic rings. The highest BCUT2D eigenvalue weighted by Gasteiger charge is 2.24. The zero-order valence-electron chi connectivity index (χ0n) is 15.0. The summed E-state index contributed by atoms with van der Waals surface area (Å²) in [7, 11) is 1.64. The number of nitrogens with one attached hydrogen (secondary N) is 1. The van der Waals surface area contributed by atoms with Crippen LogP contribution in [0.4, 0.5) is 8.78 Å². The normalized spacial score (nSPS) is 17.3. The minimum atomic E-state index is -0.645. The fourth-order valence-electron chi connectivity index (χ4n) is 3.68. The van der Waals surface area contributed by atoms with E-state index in [1.165, 1.54) is 23.3 Å². The van der Waals surface area contributed by atoms with Gasteiger partial charge in [-0.1, -0.05) is 12.1 Å². The fraction of sp³-hybridized carbons (Fsp3) is 0.381. The number of benzene rings is 2. The van der Waals surface area contributed by atoms with Crippen LogP contribution in [0.15, 0.2) is 36.4 Å². The van der Waals surface area contributed by atoms with Gasteiger partial charge in [-0.05, 0) is 61.4 Å². The molecule has 0 aliphatic heterocycles. The Balaban J connectivity index is 1.67. The van der Waals surface area contributed by atoms with Gasteiger partial charge in [0, 0.05) is 18.1 Å². The van der Waals surface area contributed by atoms with Crippen LogP contribution in [-0.2, 0) is 11.2 Å². The lowest BCUT2D eigenvalue weighted by molar-refractivity contribution is -0.122. The van der Waals surface area contributed by atoms with Crippen molar-refractivity contribution >= 4 is 5.91 Å². The highest BCUT2D eigenvalue weighted by molar-refractivity contribution is 5.77. The Morgan fingerprint density at radius 2 is 2.08 bits per heavy atom. The van der Waals surface area contributed by atoms with Crippen molar-refractivity contribution in [1.82, 2.24) is 5.32 Å². The molecule has 3 nitrogen and oxygen atoms in total. The average Bonchev–Trinajstić information content (AvgIpc) is 2.61. The first kappa shape index (κ1) is 18.4. The van der Waals surface area contributed by atoms with Crippen LogP contribution in [0.25, 0.3) is 0 Å². The molecule has 0 saturated carbocycles. The monoisotopic (exact) mass is 359 g/mol. The number of aryl methyl sites for hydroxylation is 1. The van der Waals surface area contributed by atoms with Crippen molar-refractivity contribution in [2.75, 3.05) is 7.11 Å². The van der Waals surface area contributed by atoms with Crippen molar-refractivity contribution in [1.29, 1.82) is 0 Å². The molecule has 26 heavy (non-hydrogen) atoms. The summed E-state index contributed by atoms with van der Waals surface area (Å²) in [5.41, 5.74) is 2.70. The summed E-state index contributed by atoms with van der Waals surface area (Å²) in [5.74, 6) is -0.425. The van der Waals surface area contributed by atoms with Gasteiger partial charge in [-0.2, -0.15) is 0 Å². The van der Waals surface area contributed by atoms with E-state index in [1.54, 1.807) is 14.0 Å². The van der Waals surface area contributed by atoms with E-state index in [0.717, 1.165) is 31.1 Å². The lowest BCUT2D eigenvalue weighted by Crippen LogP contribution is -2.29. The Morgan fingerprint density at radius 3 is 2.81 bits per heavy atom. The van der Waals surface area contributed by atoms with Crippen LogP contribution in [0.2, 0.25) is 0 Å². The van der Waals surface area contributed by atoms with Crippen molar-refractivity contribution in [2.45, 2.75) is 44.6 Å². The van der Waals surface area contributed by atoms with Crippen LogP contribution in [0, 0.1) is 11.6 Å². The lowest BCUT2D eigenvalue weighted by Gasteiger charge is -2.26. The van der Waals surface area contributed by atoms with E-state index in [0.29, 0.717) is 6.42 Å². The standard InChI is InChI=1S/C21H23F2NO2/c1-13(18-8-6-16(22)12-20(18)23)24-21(25)11-15-5-3-4-14-10-17(26-2)7-9-19(14)15/h6-10,12-13,15H,3-5,11H2,1-2H3,(H,24,25). The second kappa shape index (κ2) is 7.85. The molecule has 0 heterocycles. The summed E-state index contributed by atoms with van der Waals surface area (Å²) in [4.78, 5) is 12.5. The molecule has 3 rings (SSSR count). The van der Waals surface area contributed by atoms with E-state index in [2.05, 4.69) is 5.32 Å². The van der Waals surface area contributed by atoms with Gasteiger partial charge in [0.2, 0.25) is 5.91 Å². The van der Waals surface area contributed by atoms with E-state index in [9.17, 15) is 13.6 Å². The van der Waals surface area contributed by atoms with Gasteiger partial charge in [-0.15, -0.1) is 0 Å². The number of ether oxygens (including phenoxy) is 1. The summed E-state index contributed by atoms with van der Waals surface area (Å²) in [6.07, 6.45) is 3.32. The highest BCUT2D eigenvalue weighted by atomic mass is 19.1. The molecule has 2 atom stereocenters. The van der Waals surface area contributed by atoms with E-state index >= 15 is 0 Å². The predicted molar refractivity (Wildman–Crippen MR) is 96.2 cm³/mol. The SMILES string of the molecule is COc1ccc2c(c1)CCCC2CC(=O)NC(C)c1ccc(F)cc1F. The minimum Gasteiger partial charge on any atom is -0.497 e. The number of carbonyl (C=O) groups excluding carboxylic acids is 1. The molecule has 2 aromatic rings. The summed E-state index contributed by atoms with van der Waals surface area (Å²) in [6.45, 7) is 1.70. The van der Waals surface area contributed by atoms with Gasteiger partial charge >= 0.3 is 0 Å². The second-order valence-electron chi connectivity index (χ2n) is 6.81. The molecular formula is C21H23F2NO2. The first-order valence-corrected chi connectivity index (χ1v) is 8.89. The van der Waals surface area contributed by atoms with Crippen molar-refractivity contribution in [2.24, 2.45) is 0 Å². The van der Waals surface area contributed by atoms with E-state index in [4.69, 9.17) is 4.74 Å². The first-order chi connectivity index (χ1) is 12.5. The predicted octanol–water partition coefficient (Wildman–Crippen LogP) is 4.66. The molecule has 2 unspecified atom stereocenters. The van der Waals surface area contributed by atoms with E-state index in [1.807, 2.05) is 18.2 Å². The van der Waals surface area contributed by atoms with Gasteiger partial charge in [0.1, 0.15) is 17.4 Å². The Labute approximate surface area is 152 Å². The van der Waals surface area contributed by atoms with Crippen molar-refractivity contribution in [3.05, 3.63) is 64.7 Å². The number of fused-ring (bicyclic) bond motifs is 1. The van der Waals surface area contributed by atoms with E-state index < -0.39 is 17.7 Å². The maximum atomic E-state index is 13.9. The smallest absolute Gasteiger partial charge is 0.221 e. The summed E-state index contributed by atoms with van der Waals surface area (Å²) >= 11 is 0. The van der Waals surface area contributed by atoms with Crippen LogP contribution in [-0.4, -0.2) is 13.0 Å². The quantitative estimate of drug-likeness (QED) is 0.843. The molecule has 0 spiro atoms. The molecule has 5 heteroatoms. The number of methoxy groups -OCH3 is 1. The number of amides is 1. The summed E-state index contributed by atoms with van der Waals surface area (Å²) in [6, 6.07) is 8.89. The molecule has 0 bridgehead atoms. The van der Waals surface area contributed by atoms with Crippen molar-refractivity contribution < 1.29 is 18.3 Å². The molecule has 1 N–H and O–H groups in total. The molecule has 1 aliphatic carbocycles. The number of hydrogen-bond acceptors (Lipinski definition) is 2. The van der Waals surface area contributed by atoms with Crippen LogP contribution in [0.5, 0.6) is 5.75 Å². The number of carbonyl (C=O) groups is 1. The molecular weight excluding hydrogens is 336 g/mol. The topological polar surface area (TPSA) is 38.3 Å². The van der Waals surface area contributed by atoms with Crippen molar-refractivity contribution in [3.63, 3.8) is 0 Å². The summed E-state index contributed by atoms with van der Waals surface area (Å²) < 4.78 is 32.2. The second-order valence-corrected chi connectivity index (χ2v) is 6.81. The Morgan fingerprint density at radius 1 is 1.27 bits per heavy atom. The largest absolute Gasteiger partial charge is 0.497 e. The molecule has 138 valence electrons. The zero-order valence-corrected chi connectivity index (χ0v) is 15.0. The zero-order chi connectivity index (χ0) is 18.7. The van der Waals surface area contributed by atoms with Gasteiger partial charge in [0.25, 0.3) is 0 Å². The number of rotatable bonds is 5. The van der Waals surface area contributed by atoms with E-state index in [-0.39, 0.29) is 17.4 Å². The van der Waals surface area contributed by atoms with Gasteiger partial charge in [-0.3, -0.25) is 4.79 Å². The fourth-order valence-corrected chi connectivity index (χ4v) is 3.68. The maximum absolute atomic E-state index is 13.9. The molecule has 0 saturated heterocycles. The molecule has 0 aromatic heterocycles. The Hall–Kier alpha value is -2.43. The number of halogens is 2. The Kier molecular flexibility index (Phi) is 5.55. The number of hydrogen-bond donors (Lipinski definition) is 1. The minimum absolute atomic E-state index is 0.130. The van der Waals surface area contributed by atoms with Crippen LogP contribution in [0.3, 0.4) is 0 Å². The third-order valence-corrected chi connectivity index (χ3v) is 5.03. The highest BCUT2D eigenvalue weighted by Crippen LogP contribution is 2.36. The van der Waals surface area contributed by atoms with Crippen LogP contribution in [0.1, 0.15) is 54.8 Å². The Bertz CT molecular complexity index is 807. The molecule has 0 radical (unpaired) electrons. The summed E-state index contributed by atoms with van der Waals surface area (Å²) in [5, 5.41) is 2.83. The van der Waals surface area contributed by atoms with Gasteiger partial charge in [-0.25, -0.2) is 8.78 Å². The van der Waals surface area contributed by atoms with Crippen LogP contribution < -0.4 is 10.1 Å². The molecule has 1 amide bonds. The third-order valence-electron chi connectivity index (χ3n) is 5.03. The lowest BCUT2D eigenvalue weighted by atomic mass is 9.81. The third kappa shape index (κ3) is 4.03. The maximum Gasteiger partial charge on any atom is 0.221 e. The first-order valence-electron chi connectivity index (χ1n) is 8.89. The van der Waals surface area contributed by atoms with Crippen LogP contribution >= 0.6 is 0 Å².